The van der Waals surface area contributed by atoms with Crippen molar-refractivity contribution >= 4 is 5.97 Å². The Hall–Kier alpha value is -1.89. The first kappa shape index (κ1) is 12.2. The predicted octanol–water partition coefficient (Wildman–Crippen LogP) is 2.67. The lowest BCUT2D eigenvalue weighted by Crippen LogP contribution is -2.05. The van der Waals surface area contributed by atoms with Gasteiger partial charge >= 0.3 is 5.97 Å². The maximum absolute atomic E-state index is 13.2. The Bertz CT molecular complexity index is 459. The monoisotopic (exact) mass is 224 g/mol. The van der Waals surface area contributed by atoms with E-state index >= 15 is 0 Å². The molecule has 84 valence electrons. The summed E-state index contributed by atoms with van der Waals surface area (Å²) >= 11 is 0. The van der Waals surface area contributed by atoms with Gasteiger partial charge in [-0.2, -0.15) is 0 Å². The SMILES string of the molecule is CC(C)C#Cc1cc(F)c(C(=O)O)c(F)c1. The van der Waals surface area contributed by atoms with Crippen LogP contribution in [0, 0.1) is 29.4 Å². The molecule has 1 N–H and O–H groups in total. The molecule has 2 nitrogen and oxygen atoms in total. The summed E-state index contributed by atoms with van der Waals surface area (Å²) in [6, 6.07) is 1.84. The highest BCUT2D eigenvalue weighted by atomic mass is 19.1. The molecule has 0 bridgehead atoms. The Labute approximate surface area is 91.9 Å². The number of halogens is 2. The van der Waals surface area contributed by atoms with E-state index in [1.165, 1.54) is 0 Å². The van der Waals surface area contributed by atoms with Gasteiger partial charge in [0, 0.05) is 11.5 Å². The zero-order chi connectivity index (χ0) is 12.3. The van der Waals surface area contributed by atoms with Crippen LogP contribution < -0.4 is 0 Å². The van der Waals surface area contributed by atoms with Crippen molar-refractivity contribution in [3.63, 3.8) is 0 Å². The molecule has 0 heterocycles. The van der Waals surface area contributed by atoms with Crippen LogP contribution in [0.3, 0.4) is 0 Å². The lowest BCUT2D eigenvalue weighted by atomic mass is 10.1. The molecule has 0 atom stereocenters. The van der Waals surface area contributed by atoms with Gasteiger partial charge in [-0.15, -0.1) is 0 Å². The Balaban J connectivity index is 3.22. The smallest absolute Gasteiger partial charge is 0.341 e. The molecule has 0 aromatic heterocycles. The molecule has 0 fully saturated rings. The number of rotatable bonds is 1. The van der Waals surface area contributed by atoms with E-state index in [1.807, 2.05) is 13.8 Å². The molecule has 0 amide bonds. The van der Waals surface area contributed by atoms with Gasteiger partial charge < -0.3 is 5.11 Å². The van der Waals surface area contributed by atoms with E-state index in [2.05, 4.69) is 11.8 Å². The van der Waals surface area contributed by atoms with Crippen LogP contribution in [-0.2, 0) is 0 Å². The summed E-state index contributed by atoms with van der Waals surface area (Å²) in [5.74, 6) is 1.53. The van der Waals surface area contributed by atoms with Crippen LogP contribution in [0.25, 0.3) is 0 Å². The largest absolute Gasteiger partial charge is 0.477 e. The molecule has 0 saturated carbocycles. The number of carbonyl (C=O) groups is 1. The van der Waals surface area contributed by atoms with Gasteiger partial charge in [-0.05, 0) is 12.1 Å². The molecule has 1 aromatic rings. The average molecular weight is 224 g/mol. The first-order chi connectivity index (χ1) is 7.41. The number of hydrogen-bond donors (Lipinski definition) is 1. The van der Waals surface area contributed by atoms with Crippen LogP contribution in [-0.4, -0.2) is 11.1 Å². The zero-order valence-electron chi connectivity index (χ0n) is 8.84. The van der Waals surface area contributed by atoms with E-state index in [0.29, 0.717) is 0 Å². The average Bonchev–Trinajstić information content (AvgIpc) is 2.12. The molecule has 0 aliphatic heterocycles. The third-order valence-electron chi connectivity index (χ3n) is 1.76. The Morgan fingerprint density at radius 3 is 2.19 bits per heavy atom. The maximum Gasteiger partial charge on any atom is 0.341 e. The van der Waals surface area contributed by atoms with Crippen LogP contribution in [0.2, 0.25) is 0 Å². The molecule has 0 spiro atoms. The fourth-order valence-electron chi connectivity index (χ4n) is 1.08. The fourth-order valence-corrected chi connectivity index (χ4v) is 1.08. The molecular formula is C12H10F2O2. The summed E-state index contributed by atoms with van der Waals surface area (Å²) in [5.41, 5.74) is -0.816. The highest BCUT2D eigenvalue weighted by Crippen LogP contribution is 2.15. The van der Waals surface area contributed by atoms with Crippen molar-refractivity contribution in [3.8, 4) is 11.8 Å². The fraction of sp³-hybridized carbons (Fsp3) is 0.250. The number of carboxylic acid groups (broad SMARTS) is 1. The van der Waals surface area contributed by atoms with Crippen molar-refractivity contribution < 1.29 is 18.7 Å². The van der Waals surface area contributed by atoms with E-state index in [0.717, 1.165) is 12.1 Å². The minimum atomic E-state index is -1.63. The number of hydrogen-bond acceptors (Lipinski definition) is 1. The van der Waals surface area contributed by atoms with E-state index in [-0.39, 0.29) is 11.5 Å². The first-order valence-electron chi connectivity index (χ1n) is 4.65. The Morgan fingerprint density at radius 1 is 1.31 bits per heavy atom. The van der Waals surface area contributed by atoms with Gasteiger partial charge in [-0.3, -0.25) is 0 Å². The van der Waals surface area contributed by atoms with Crippen LogP contribution in [0.5, 0.6) is 0 Å². The second-order valence-electron chi connectivity index (χ2n) is 3.54. The number of aromatic carboxylic acids is 1. The van der Waals surface area contributed by atoms with Crippen molar-refractivity contribution in [2.24, 2.45) is 5.92 Å². The molecule has 0 aliphatic carbocycles. The number of carboxylic acids is 1. The summed E-state index contributed by atoms with van der Waals surface area (Å²) < 4.78 is 26.4. The maximum atomic E-state index is 13.2. The Morgan fingerprint density at radius 2 is 1.81 bits per heavy atom. The topological polar surface area (TPSA) is 37.3 Å². The summed E-state index contributed by atoms with van der Waals surface area (Å²) in [7, 11) is 0. The second kappa shape index (κ2) is 4.75. The lowest BCUT2D eigenvalue weighted by Gasteiger charge is -2.00. The molecule has 1 aromatic carbocycles. The van der Waals surface area contributed by atoms with Crippen LogP contribution in [0.1, 0.15) is 29.8 Å². The molecule has 0 saturated heterocycles. The number of benzene rings is 1. The summed E-state index contributed by atoms with van der Waals surface area (Å²) in [4.78, 5) is 10.5. The van der Waals surface area contributed by atoms with Gasteiger partial charge in [0.05, 0.1) is 0 Å². The summed E-state index contributed by atoms with van der Waals surface area (Å²) in [6.45, 7) is 3.68. The zero-order valence-corrected chi connectivity index (χ0v) is 8.84. The van der Waals surface area contributed by atoms with E-state index in [4.69, 9.17) is 5.11 Å². The van der Waals surface area contributed by atoms with Gasteiger partial charge in [-0.25, -0.2) is 13.6 Å². The molecule has 1 rings (SSSR count). The molecule has 0 radical (unpaired) electrons. The third-order valence-corrected chi connectivity index (χ3v) is 1.76. The van der Waals surface area contributed by atoms with Crippen molar-refractivity contribution in [1.82, 2.24) is 0 Å². The molecular weight excluding hydrogens is 214 g/mol. The second-order valence-corrected chi connectivity index (χ2v) is 3.54. The van der Waals surface area contributed by atoms with Gasteiger partial charge in [0.25, 0.3) is 0 Å². The van der Waals surface area contributed by atoms with Crippen LogP contribution >= 0.6 is 0 Å². The van der Waals surface area contributed by atoms with Gasteiger partial charge in [0.2, 0.25) is 0 Å². The molecule has 0 aliphatic rings. The van der Waals surface area contributed by atoms with Crippen LogP contribution in [0.4, 0.5) is 8.78 Å². The predicted molar refractivity (Wildman–Crippen MR) is 55.0 cm³/mol. The molecule has 0 unspecified atom stereocenters. The summed E-state index contributed by atoms with van der Waals surface area (Å²) in [5, 5.41) is 8.54. The van der Waals surface area contributed by atoms with Crippen molar-refractivity contribution in [2.45, 2.75) is 13.8 Å². The van der Waals surface area contributed by atoms with Crippen molar-refractivity contribution in [3.05, 3.63) is 34.9 Å². The minimum absolute atomic E-state index is 0.0743. The highest BCUT2D eigenvalue weighted by molar-refractivity contribution is 5.88. The quantitative estimate of drug-likeness (QED) is 0.744. The lowest BCUT2D eigenvalue weighted by molar-refractivity contribution is 0.0686. The van der Waals surface area contributed by atoms with Gasteiger partial charge in [0.15, 0.2) is 0 Å². The van der Waals surface area contributed by atoms with Crippen molar-refractivity contribution in [2.75, 3.05) is 0 Å². The molecule has 16 heavy (non-hydrogen) atoms. The van der Waals surface area contributed by atoms with Gasteiger partial charge in [0.1, 0.15) is 17.2 Å². The highest BCUT2D eigenvalue weighted by Gasteiger charge is 2.17. The third kappa shape index (κ3) is 2.80. The minimum Gasteiger partial charge on any atom is -0.477 e. The normalized spacial score (nSPS) is 9.81. The van der Waals surface area contributed by atoms with Gasteiger partial charge in [-0.1, -0.05) is 25.7 Å². The molecule has 4 heteroatoms. The van der Waals surface area contributed by atoms with E-state index in [9.17, 15) is 13.6 Å². The van der Waals surface area contributed by atoms with Crippen molar-refractivity contribution in [1.29, 1.82) is 0 Å². The van der Waals surface area contributed by atoms with E-state index < -0.39 is 23.2 Å². The van der Waals surface area contributed by atoms with E-state index in [1.54, 1.807) is 0 Å². The first-order valence-corrected chi connectivity index (χ1v) is 4.65. The Kier molecular flexibility index (Phi) is 3.62. The van der Waals surface area contributed by atoms with Crippen LogP contribution in [0.15, 0.2) is 12.1 Å². The summed E-state index contributed by atoms with van der Waals surface area (Å²) in [6.07, 6.45) is 0. The standard InChI is InChI=1S/C12H10F2O2/c1-7(2)3-4-8-5-9(13)11(12(15)16)10(14)6-8/h5-7H,1-2H3,(H,15,16).